The smallest absolute Gasteiger partial charge is 0.240 e. The van der Waals surface area contributed by atoms with Crippen LogP contribution in [-0.2, 0) is 14.8 Å². The predicted octanol–water partition coefficient (Wildman–Crippen LogP) is 2.12. The van der Waals surface area contributed by atoms with E-state index in [2.05, 4.69) is 15.7 Å². The summed E-state index contributed by atoms with van der Waals surface area (Å²) in [5, 5.41) is 0. The van der Waals surface area contributed by atoms with E-state index < -0.39 is 10.0 Å². The van der Waals surface area contributed by atoms with E-state index in [0.717, 1.165) is 24.2 Å². The van der Waals surface area contributed by atoms with Gasteiger partial charge in [-0.05, 0) is 24.6 Å². The number of nitrogens with one attached hydrogen (secondary N) is 1. The molecule has 0 amide bonds. The molecule has 0 radical (unpaired) electrons. The minimum Gasteiger partial charge on any atom is -0.486 e. The molecule has 0 bridgehead atoms. The second-order valence-corrected chi connectivity index (χ2v) is 9.00. The van der Waals surface area contributed by atoms with Gasteiger partial charge in [0.1, 0.15) is 13.2 Å². The van der Waals surface area contributed by atoms with Gasteiger partial charge in [-0.15, -0.1) is 0 Å². The van der Waals surface area contributed by atoms with Crippen molar-refractivity contribution in [1.29, 1.82) is 0 Å². The Morgan fingerprint density at radius 1 is 1.00 bits per heavy atom. The van der Waals surface area contributed by atoms with Gasteiger partial charge in [0, 0.05) is 31.7 Å². The lowest BCUT2D eigenvalue weighted by Gasteiger charge is -2.35. The molecule has 0 aliphatic carbocycles. The topological polar surface area (TPSA) is 77.1 Å². The molecule has 8 heteroatoms. The third kappa shape index (κ3) is 4.72. The number of morpholine rings is 1. The van der Waals surface area contributed by atoms with E-state index >= 15 is 0 Å². The summed E-state index contributed by atoms with van der Waals surface area (Å²) in [6.07, 6.45) is 0. The van der Waals surface area contributed by atoms with Crippen molar-refractivity contribution >= 4 is 10.0 Å². The fourth-order valence-corrected chi connectivity index (χ4v) is 4.74. The molecule has 1 atom stereocenters. The Morgan fingerprint density at radius 2 is 1.76 bits per heavy atom. The van der Waals surface area contributed by atoms with Crippen molar-refractivity contribution < 1.29 is 22.6 Å². The number of sulfonamides is 1. The monoisotopic (exact) mass is 418 g/mol. The second kappa shape index (κ2) is 8.71. The number of aryl methyl sites for hydroxylation is 1. The van der Waals surface area contributed by atoms with E-state index in [-0.39, 0.29) is 17.5 Å². The first-order valence-electron chi connectivity index (χ1n) is 9.81. The van der Waals surface area contributed by atoms with Crippen LogP contribution in [0.2, 0.25) is 0 Å². The third-order valence-electron chi connectivity index (χ3n) is 5.20. The molecule has 29 heavy (non-hydrogen) atoms. The summed E-state index contributed by atoms with van der Waals surface area (Å²) in [4.78, 5) is 2.44. The summed E-state index contributed by atoms with van der Waals surface area (Å²) in [7, 11) is -3.69. The number of hydrogen-bond donors (Lipinski definition) is 1. The van der Waals surface area contributed by atoms with E-state index in [4.69, 9.17) is 14.2 Å². The summed E-state index contributed by atoms with van der Waals surface area (Å²) in [5.74, 6) is 1.03. The standard InChI is InChI=1S/C21H26N2O5S/c1-16-3-2-4-17(13-16)19(23-7-9-26-10-8-23)15-22-29(24,25)18-5-6-20-21(14-18)28-12-11-27-20/h2-6,13-14,19,22H,7-12,15H2,1H3/t19-/m1/s1. The molecule has 1 fully saturated rings. The van der Waals surface area contributed by atoms with Crippen LogP contribution in [0.15, 0.2) is 47.4 Å². The predicted molar refractivity (Wildman–Crippen MR) is 109 cm³/mol. The summed E-state index contributed by atoms with van der Waals surface area (Å²) in [5.41, 5.74) is 2.24. The summed E-state index contributed by atoms with van der Waals surface area (Å²) >= 11 is 0. The van der Waals surface area contributed by atoms with Gasteiger partial charge in [-0.1, -0.05) is 29.8 Å². The molecule has 2 aliphatic rings. The van der Waals surface area contributed by atoms with E-state index in [0.29, 0.717) is 37.9 Å². The Balaban J connectivity index is 1.54. The van der Waals surface area contributed by atoms with Crippen LogP contribution in [0.4, 0.5) is 0 Å². The molecule has 0 aromatic heterocycles. The Morgan fingerprint density at radius 3 is 2.52 bits per heavy atom. The van der Waals surface area contributed by atoms with Gasteiger partial charge in [0.15, 0.2) is 11.5 Å². The highest BCUT2D eigenvalue weighted by Gasteiger charge is 2.26. The molecular weight excluding hydrogens is 392 g/mol. The third-order valence-corrected chi connectivity index (χ3v) is 6.63. The lowest BCUT2D eigenvalue weighted by molar-refractivity contribution is 0.0172. The normalized spacial score (nSPS) is 18.4. The molecule has 156 valence electrons. The first-order valence-corrected chi connectivity index (χ1v) is 11.3. The van der Waals surface area contributed by atoms with Gasteiger partial charge in [0.25, 0.3) is 0 Å². The Hall–Kier alpha value is -2.13. The van der Waals surface area contributed by atoms with Gasteiger partial charge < -0.3 is 14.2 Å². The molecule has 1 N–H and O–H groups in total. The highest BCUT2D eigenvalue weighted by molar-refractivity contribution is 7.89. The van der Waals surface area contributed by atoms with Crippen LogP contribution in [0, 0.1) is 6.92 Å². The van der Waals surface area contributed by atoms with Crippen LogP contribution in [0.3, 0.4) is 0 Å². The van der Waals surface area contributed by atoms with E-state index in [1.165, 1.54) is 6.07 Å². The van der Waals surface area contributed by atoms with E-state index in [1.54, 1.807) is 12.1 Å². The maximum atomic E-state index is 13.0. The molecule has 1 saturated heterocycles. The number of benzene rings is 2. The second-order valence-electron chi connectivity index (χ2n) is 7.24. The SMILES string of the molecule is Cc1cccc([C@@H](CNS(=O)(=O)c2ccc3c(c2)OCCO3)N2CCOCC2)c1. The summed E-state index contributed by atoms with van der Waals surface area (Å²) in [6.45, 7) is 6.04. The highest BCUT2D eigenvalue weighted by Crippen LogP contribution is 2.32. The number of rotatable bonds is 6. The Bertz CT molecular complexity index is 957. The first kappa shape index (κ1) is 20.2. The Kier molecular flexibility index (Phi) is 6.05. The molecule has 4 rings (SSSR count). The minimum atomic E-state index is -3.69. The van der Waals surface area contributed by atoms with Crippen molar-refractivity contribution in [3.05, 3.63) is 53.6 Å². The maximum Gasteiger partial charge on any atom is 0.240 e. The fourth-order valence-electron chi connectivity index (χ4n) is 3.69. The number of nitrogens with zero attached hydrogens (tertiary/aromatic N) is 1. The van der Waals surface area contributed by atoms with Crippen LogP contribution in [0.5, 0.6) is 11.5 Å². The molecule has 0 spiro atoms. The molecule has 7 nitrogen and oxygen atoms in total. The van der Waals surface area contributed by atoms with Gasteiger partial charge in [0.2, 0.25) is 10.0 Å². The molecule has 0 unspecified atom stereocenters. The average molecular weight is 419 g/mol. The molecule has 0 saturated carbocycles. The number of ether oxygens (including phenoxy) is 3. The van der Waals surface area contributed by atoms with E-state index in [1.807, 2.05) is 25.1 Å². The zero-order chi connectivity index (χ0) is 20.3. The number of fused-ring (bicyclic) bond motifs is 1. The van der Waals surface area contributed by atoms with Crippen LogP contribution >= 0.6 is 0 Å². The highest BCUT2D eigenvalue weighted by atomic mass is 32.2. The van der Waals surface area contributed by atoms with Crippen molar-refractivity contribution in [3.63, 3.8) is 0 Å². The van der Waals surface area contributed by atoms with Gasteiger partial charge >= 0.3 is 0 Å². The number of hydrogen-bond acceptors (Lipinski definition) is 6. The summed E-state index contributed by atoms with van der Waals surface area (Å²) in [6, 6.07) is 12.9. The first-order chi connectivity index (χ1) is 14.0. The van der Waals surface area contributed by atoms with Crippen LogP contribution in [0.25, 0.3) is 0 Å². The zero-order valence-electron chi connectivity index (χ0n) is 16.5. The largest absolute Gasteiger partial charge is 0.486 e. The van der Waals surface area contributed by atoms with Gasteiger partial charge in [-0.25, -0.2) is 13.1 Å². The van der Waals surface area contributed by atoms with Crippen molar-refractivity contribution in [3.8, 4) is 11.5 Å². The lowest BCUT2D eigenvalue weighted by atomic mass is 10.0. The maximum absolute atomic E-state index is 13.0. The van der Waals surface area contributed by atoms with Crippen LogP contribution < -0.4 is 14.2 Å². The van der Waals surface area contributed by atoms with Crippen LogP contribution in [0.1, 0.15) is 17.2 Å². The zero-order valence-corrected chi connectivity index (χ0v) is 17.3. The molecule has 2 heterocycles. The molecular formula is C21H26N2O5S. The fraction of sp³-hybridized carbons (Fsp3) is 0.429. The molecule has 2 aromatic carbocycles. The minimum absolute atomic E-state index is 0.0641. The average Bonchev–Trinajstić information content (AvgIpc) is 2.74. The van der Waals surface area contributed by atoms with E-state index in [9.17, 15) is 8.42 Å². The molecule has 2 aliphatic heterocycles. The lowest BCUT2D eigenvalue weighted by Crippen LogP contribution is -2.43. The summed E-state index contributed by atoms with van der Waals surface area (Å²) < 4.78 is 45.2. The van der Waals surface area contributed by atoms with Crippen molar-refractivity contribution in [2.24, 2.45) is 0 Å². The van der Waals surface area contributed by atoms with Crippen LogP contribution in [-0.4, -0.2) is 59.4 Å². The van der Waals surface area contributed by atoms with Gasteiger partial charge in [-0.3, -0.25) is 4.90 Å². The molecule has 2 aromatic rings. The Labute approximate surface area is 171 Å². The van der Waals surface area contributed by atoms with Crippen molar-refractivity contribution in [2.45, 2.75) is 17.9 Å². The quantitative estimate of drug-likeness (QED) is 0.774. The van der Waals surface area contributed by atoms with Crippen molar-refractivity contribution in [1.82, 2.24) is 9.62 Å². The van der Waals surface area contributed by atoms with Crippen molar-refractivity contribution in [2.75, 3.05) is 46.1 Å². The van der Waals surface area contributed by atoms with Gasteiger partial charge in [-0.2, -0.15) is 0 Å². The van der Waals surface area contributed by atoms with Gasteiger partial charge in [0.05, 0.1) is 18.1 Å².